The molecule has 4 aromatic rings. The Bertz CT molecular complexity index is 1250. The maximum absolute atomic E-state index is 10.7. The van der Waals surface area contributed by atoms with Crippen molar-refractivity contribution in [1.29, 1.82) is 5.26 Å². The fourth-order valence-electron chi connectivity index (χ4n) is 3.16. The molecule has 0 saturated carbocycles. The Morgan fingerprint density at radius 1 is 1.00 bits per heavy atom. The molecule has 6 heteroatoms. The van der Waals surface area contributed by atoms with E-state index in [9.17, 15) is 10.1 Å². The highest BCUT2D eigenvalue weighted by molar-refractivity contribution is 5.89. The quantitative estimate of drug-likeness (QED) is 0.393. The van der Waals surface area contributed by atoms with Crippen LogP contribution in [0.4, 0.5) is 0 Å². The van der Waals surface area contributed by atoms with Crippen LogP contribution in [0.1, 0.15) is 11.5 Å². The zero-order chi connectivity index (χ0) is 22.3. The van der Waals surface area contributed by atoms with E-state index in [0.717, 1.165) is 11.1 Å². The molecule has 0 unspecified atom stereocenters. The maximum atomic E-state index is 10.7. The van der Waals surface area contributed by atoms with Crippen molar-refractivity contribution in [2.45, 2.75) is 0 Å². The van der Waals surface area contributed by atoms with Crippen LogP contribution in [0.5, 0.6) is 5.75 Å². The number of allylic oxidation sites excluding steroid dienone is 1. The largest absolute Gasteiger partial charge is 0.482 e. The molecule has 0 amide bonds. The first-order chi connectivity index (χ1) is 15.6. The first-order valence-electron chi connectivity index (χ1n) is 9.82. The van der Waals surface area contributed by atoms with Crippen LogP contribution >= 0.6 is 0 Å². The first-order valence-corrected chi connectivity index (χ1v) is 9.82. The molecule has 0 bridgehead atoms. The molecule has 32 heavy (non-hydrogen) atoms. The molecule has 1 heterocycles. The van der Waals surface area contributed by atoms with Gasteiger partial charge in [0.05, 0.1) is 0 Å². The SMILES string of the molecule is N#C/C(=C\c1cccc(OCC(=O)O)c1)c1nc(-c2ccccc2)c(-c2ccccc2)o1. The number of carboxylic acid groups (broad SMARTS) is 1. The Hall–Kier alpha value is -4.63. The lowest BCUT2D eigenvalue weighted by molar-refractivity contribution is -0.139. The molecule has 0 aliphatic carbocycles. The van der Waals surface area contributed by atoms with E-state index in [4.69, 9.17) is 14.3 Å². The Morgan fingerprint density at radius 3 is 2.34 bits per heavy atom. The first kappa shape index (κ1) is 20.6. The van der Waals surface area contributed by atoms with Crippen LogP contribution in [0.15, 0.2) is 89.3 Å². The molecule has 156 valence electrons. The second-order valence-electron chi connectivity index (χ2n) is 6.85. The highest BCUT2D eigenvalue weighted by atomic mass is 16.5. The summed E-state index contributed by atoms with van der Waals surface area (Å²) in [6.07, 6.45) is 1.63. The Balaban J connectivity index is 1.75. The number of ether oxygens (including phenoxy) is 1. The molecule has 0 saturated heterocycles. The second kappa shape index (κ2) is 9.45. The molecular formula is C26H18N2O4. The van der Waals surface area contributed by atoms with Crippen LogP contribution in [0.2, 0.25) is 0 Å². The minimum Gasteiger partial charge on any atom is -0.482 e. The molecule has 1 N–H and O–H groups in total. The molecule has 0 aliphatic heterocycles. The van der Waals surface area contributed by atoms with Crippen molar-refractivity contribution in [3.05, 3.63) is 96.4 Å². The predicted octanol–water partition coefficient (Wildman–Crippen LogP) is 5.54. The third-order valence-electron chi connectivity index (χ3n) is 4.59. The highest BCUT2D eigenvalue weighted by Gasteiger charge is 2.19. The Kier molecular flexibility index (Phi) is 6.10. The summed E-state index contributed by atoms with van der Waals surface area (Å²) < 4.78 is 11.3. The number of benzene rings is 3. The normalized spacial score (nSPS) is 11.0. The van der Waals surface area contributed by atoms with Gasteiger partial charge in [-0.05, 0) is 23.8 Å². The van der Waals surface area contributed by atoms with E-state index in [0.29, 0.717) is 22.8 Å². The third-order valence-corrected chi connectivity index (χ3v) is 4.59. The maximum Gasteiger partial charge on any atom is 0.341 e. The van der Waals surface area contributed by atoms with E-state index < -0.39 is 12.6 Å². The number of carbonyl (C=O) groups is 1. The van der Waals surface area contributed by atoms with E-state index in [1.54, 1.807) is 30.3 Å². The van der Waals surface area contributed by atoms with Gasteiger partial charge in [-0.25, -0.2) is 9.78 Å². The lowest BCUT2D eigenvalue weighted by atomic mass is 10.1. The Morgan fingerprint density at radius 2 is 1.69 bits per heavy atom. The lowest BCUT2D eigenvalue weighted by Gasteiger charge is -2.03. The minimum atomic E-state index is -1.06. The van der Waals surface area contributed by atoms with Gasteiger partial charge in [-0.15, -0.1) is 0 Å². The Labute approximate surface area is 184 Å². The molecule has 0 aliphatic rings. The van der Waals surface area contributed by atoms with Gasteiger partial charge in [0.1, 0.15) is 23.1 Å². The summed E-state index contributed by atoms with van der Waals surface area (Å²) in [5.41, 5.74) is 3.27. The van der Waals surface area contributed by atoms with Crippen molar-refractivity contribution < 1.29 is 19.1 Å². The summed E-state index contributed by atoms with van der Waals surface area (Å²) in [4.78, 5) is 15.4. The van der Waals surface area contributed by atoms with E-state index in [-0.39, 0.29) is 11.5 Å². The topological polar surface area (TPSA) is 96.3 Å². The number of rotatable bonds is 7. The van der Waals surface area contributed by atoms with Crippen molar-refractivity contribution in [3.63, 3.8) is 0 Å². The van der Waals surface area contributed by atoms with E-state index in [1.165, 1.54) is 0 Å². The fourth-order valence-corrected chi connectivity index (χ4v) is 3.16. The zero-order valence-electron chi connectivity index (χ0n) is 16.9. The van der Waals surface area contributed by atoms with E-state index >= 15 is 0 Å². The summed E-state index contributed by atoms with van der Waals surface area (Å²) in [5.74, 6) is 0.0969. The van der Waals surface area contributed by atoms with Crippen molar-refractivity contribution in [1.82, 2.24) is 4.98 Å². The van der Waals surface area contributed by atoms with Gasteiger partial charge in [0, 0.05) is 11.1 Å². The van der Waals surface area contributed by atoms with Gasteiger partial charge >= 0.3 is 5.97 Å². The lowest BCUT2D eigenvalue weighted by Crippen LogP contribution is -2.09. The number of aromatic nitrogens is 1. The van der Waals surface area contributed by atoms with Crippen molar-refractivity contribution in [2.75, 3.05) is 6.61 Å². The third kappa shape index (κ3) is 4.74. The van der Waals surface area contributed by atoms with Crippen molar-refractivity contribution >= 4 is 17.6 Å². The highest BCUT2D eigenvalue weighted by Crippen LogP contribution is 2.34. The summed E-state index contributed by atoms with van der Waals surface area (Å²) in [6, 6.07) is 28.2. The second-order valence-corrected chi connectivity index (χ2v) is 6.85. The molecule has 0 fully saturated rings. The van der Waals surface area contributed by atoms with Crippen LogP contribution in [0.3, 0.4) is 0 Å². The van der Waals surface area contributed by atoms with Gasteiger partial charge in [-0.2, -0.15) is 5.26 Å². The standard InChI is InChI=1S/C26H18N2O4/c27-16-21(14-18-8-7-13-22(15-18)31-17-23(29)30)26-28-24(19-9-3-1-4-10-19)25(32-26)20-11-5-2-6-12-20/h1-15H,17H2,(H,29,30)/b21-14+. The minimum absolute atomic E-state index is 0.196. The fraction of sp³-hybridized carbons (Fsp3) is 0.0385. The molecule has 0 atom stereocenters. The summed E-state index contributed by atoms with van der Waals surface area (Å²) >= 11 is 0. The molecule has 0 radical (unpaired) electrons. The van der Waals surface area contributed by atoms with Crippen LogP contribution in [0.25, 0.3) is 34.2 Å². The summed E-state index contributed by atoms with van der Waals surface area (Å²) in [7, 11) is 0. The number of oxazole rings is 1. The van der Waals surface area contributed by atoms with E-state index in [2.05, 4.69) is 11.1 Å². The molecule has 3 aromatic carbocycles. The number of hydrogen-bond donors (Lipinski definition) is 1. The average molecular weight is 422 g/mol. The van der Waals surface area contributed by atoms with E-state index in [1.807, 2.05) is 60.7 Å². The predicted molar refractivity (Wildman–Crippen MR) is 120 cm³/mol. The van der Waals surface area contributed by atoms with Gasteiger partial charge in [0.15, 0.2) is 12.4 Å². The number of nitrogens with zero attached hydrogens (tertiary/aromatic N) is 2. The monoisotopic (exact) mass is 422 g/mol. The van der Waals surface area contributed by atoms with Crippen molar-refractivity contribution in [2.24, 2.45) is 0 Å². The summed E-state index contributed by atoms with van der Waals surface area (Å²) in [5, 5.41) is 18.6. The van der Waals surface area contributed by atoms with Crippen LogP contribution in [0, 0.1) is 11.3 Å². The average Bonchev–Trinajstić information content (AvgIpc) is 3.28. The zero-order valence-corrected chi connectivity index (χ0v) is 16.9. The number of aliphatic carboxylic acids is 1. The van der Waals surface area contributed by atoms with Crippen LogP contribution in [-0.4, -0.2) is 22.7 Å². The molecular weight excluding hydrogens is 404 g/mol. The van der Waals surface area contributed by atoms with Crippen LogP contribution < -0.4 is 4.74 Å². The molecule has 0 spiro atoms. The number of hydrogen-bond acceptors (Lipinski definition) is 5. The van der Waals surface area contributed by atoms with Gasteiger partial charge in [0.2, 0.25) is 5.89 Å². The van der Waals surface area contributed by atoms with Gasteiger partial charge < -0.3 is 14.3 Å². The van der Waals surface area contributed by atoms with Gasteiger partial charge in [0.25, 0.3) is 0 Å². The number of nitriles is 1. The van der Waals surface area contributed by atoms with Crippen LogP contribution in [-0.2, 0) is 4.79 Å². The molecule has 4 rings (SSSR count). The summed E-state index contributed by atoms with van der Waals surface area (Å²) in [6.45, 7) is -0.446. The molecule has 6 nitrogen and oxygen atoms in total. The molecule has 1 aromatic heterocycles. The van der Waals surface area contributed by atoms with Gasteiger partial charge in [-0.1, -0.05) is 72.8 Å². The van der Waals surface area contributed by atoms with Crippen molar-refractivity contribution in [3.8, 4) is 34.4 Å². The smallest absolute Gasteiger partial charge is 0.341 e. The van der Waals surface area contributed by atoms with Gasteiger partial charge in [-0.3, -0.25) is 0 Å². The number of carboxylic acids is 1.